The van der Waals surface area contributed by atoms with E-state index in [-0.39, 0.29) is 5.91 Å². The Hall–Kier alpha value is -2.88. The lowest BCUT2D eigenvalue weighted by molar-refractivity contribution is 0.102. The molecule has 0 saturated carbocycles. The quantitative estimate of drug-likeness (QED) is 0.426. The fraction of sp³-hybridized carbons (Fsp3) is 0.0435. The number of aromatic nitrogens is 1. The summed E-state index contributed by atoms with van der Waals surface area (Å²) in [6.07, 6.45) is 2.56. The van der Waals surface area contributed by atoms with E-state index in [1.807, 2.05) is 48.7 Å². The second-order valence-electron chi connectivity index (χ2n) is 6.44. The Morgan fingerprint density at radius 1 is 0.893 bits per heavy atom. The van der Waals surface area contributed by atoms with Gasteiger partial charge in [0.2, 0.25) is 0 Å². The van der Waals surface area contributed by atoms with Crippen molar-refractivity contribution in [2.45, 2.75) is 6.42 Å². The number of carbonyl (C=O) groups excluding carboxylic acids is 1. The van der Waals surface area contributed by atoms with E-state index in [0.717, 1.165) is 23.1 Å². The molecular weight excluding hydrogens is 391 g/mol. The summed E-state index contributed by atoms with van der Waals surface area (Å²) in [5.74, 6) is -0.234. The highest BCUT2D eigenvalue weighted by molar-refractivity contribution is 6.42. The molecule has 0 unspecified atom stereocenters. The van der Waals surface area contributed by atoms with E-state index >= 15 is 0 Å². The van der Waals surface area contributed by atoms with Crippen molar-refractivity contribution in [2.24, 2.45) is 0 Å². The summed E-state index contributed by atoms with van der Waals surface area (Å²) < 4.78 is 0. The Balaban J connectivity index is 1.49. The molecule has 0 saturated heterocycles. The molecular formula is C23H16Cl2N2O. The monoisotopic (exact) mass is 406 g/mol. The van der Waals surface area contributed by atoms with Gasteiger partial charge in [0, 0.05) is 29.3 Å². The number of halogens is 2. The molecule has 0 aliphatic heterocycles. The molecule has 28 heavy (non-hydrogen) atoms. The van der Waals surface area contributed by atoms with Gasteiger partial charge in [-0.2, -0.15) is 0 Å². The standard InChI is InChI=1S/C23H16Cl2N2O/c24-20-10-7-17(14-21(20)25)23(28)27-18-8-5-15(6-9-18)13-22-19-4-2-1-3-16(19)11-12-26-22/h1-12,14H,13H2,(H,27,28). The zero-order valence-electron chi connectivity index (χ0n) is 14.8. The van der Waals surface area contributed by atoms with Crippen LogP contribution in [0.25, 0.3) is 10.8 Å². The molecule has 1 amide bonds. The Bertz CT molecular complexity index is 1150. The summed E-state index contributed by atoms with van der Waals surface area (Å²) in [5, 5.41) is 5.98. The van der Waals surface area contributed by atoms with E-state index < -0.39 is 0 Å². The summed E-state index contributed by atoms with van der Waals surface area (Å²) >= 11 is 11.9. The molecule has 5 heteroatoms. The molecule has 3 aromatic carbocycles. The number of amides is 1. The molecule has 4 rings (SSSR count). The number of pyridine rings is 1. The van der Waals surface area contributed by atoms with Crippen LogP contribution in [0.15, 0.2) is 79.0 Å². The molecule has 1 N–H and O–H groups in total. The number of carbonyl (C=O) groups is 1. The van der Waals surface area contributed by atoms with Gasteiger partial charge in [0.1, 0.15) is 0 Å². The zero-order chi connectivity index (χ0) is 19.5. The van der Waals surface area contributed by atoms with Gasteiger partial charge < -0.3 is 5.32 Å². The summed E-state index contributed by atoms with van der Waals surface area (Å²) in [6.45, 7) is 0. The average Bonchev–Trinajstić information content (AvgIpc) is 2.72. The minimum absolute atomic E-state index is 0.234. The number of anilines is 1. The average molecular weight is 407 g/mol. The van der Waals surface area contributed by atoms with Crippen LogP contribution < -0.4 is 5.32 Å². The molecule has 0 aliphatic rings. The van der Waals surface area contributed by atoms with E-state index in [2.05, 4.69) is 22.4 Å². The highest BCUT2D eigenvalue weighted by atomic mass is 35.5. The van der Waals surface area contributed by atoms with E-state index in [0.29, 0.717) is 21.3 Å². The molecule has 3 nitrogen and oxygen atoms in total. The van der Waals surface area contributed by atoms with Crippen molar-refractivity contribution in [3.63, 3.8) is 0 Å². The SMILES string of the molecule is O=C(Nc1ccc(Cc2nccc3ccccc23)cc1)c1ccc(Cl)c(Cl)c1. The number of nitrogens with zero attached hydrogens (tertiary/aromatic N) is 1. The Kier molecular flexibility index (Phi) is 5.29. The third kappa shape index (κ3) is 4.01. The van der Waals surface area contributed by atoms with Crippen LogP contribution in [0.5, 0.6) is 0 Å². The van der Waals surface area contributed by atoms with Gasteiger partial charge in [-0.25, -0.2) is 0 Å². The van der Waals surface area contributed by atoms with Crippen molar-refractivity contribution in [1.82, 2.24) is 4.98 Å². The summed E-state index contributed by atoms with van der Waals surface area (Å²) in [5.41, 5.74) is 3.33. The van der Waals surface area contributed by atoms with Crippen molar-refractivity contribution in [3.8, 4) is 0 Å². The number of fused-ring (bicyclic) bond motifs is 1. The van der Waals surface area contributed by atoms with Gasteiger partial charge in [-0.1, -0.05) is 59.6 Å². The highest BCUT2D eigenvalue weighted by Gasteiger charge is 2.09. The minimum Gasteiger partial charge on any atom is -0.322 e. The molecule has 0 spiro atoms. The van der Waals surface area contributed by atoms with E-state index in [9.17, 15) is 4.79 Å². The van der Waals surface area contributed by atoms with Crippen molar-refractivity contribution in [3.05, 3.63) is 106 Å². The molecule has 0 radical (unpaired) electrons. The molecule has 0 bridgehead atoms. The van der Waals surface area contributed by atoms with Gasteiger partial charge in [-0.3, -0.25) is 9.78 Å². The van der Waals surface area contributed by atoms with Crippen molar-refractivity contribution >= 4 is 45.6 Å². The molecule has 0 fully saturated rings. The van der Waals surface area contributed by atoms with Crippen LogP contribution in [-0.2, 0) is 6.42 Å². The molecule has 1 heterocycles. The highest BCUT2D eigenvalue weighted by Crippen LogP contribution is 2.24. The summed E-state index contributed by atoms with van der Waals surface area (Å²) in [7, 11) is 0. The number of hydrogen-bond donors (Lipinski definition) is 1. The van der Waals surface area contributed by atoms with E-state index in [4.69, 9.17) is 23.2 Å². The third-order valence-electron chi connectivity index (χ3n) is 4.52. The van der Waals surface area contributed by atoms with Gasteiger partial charge >= 0.3 is 0 Å². The maximum atomic E-state index is 12.4. The summed E-state index contributed by atoms with van der Waals surface area (Å²) in [4.78, 5) is 16.9. The first-order chi connectivity index (χ1) is 13.6. The van der Waals surface area contributed by atoms with E-state index in [1.54, 1.807) is 18.2 Å². The van der Waals surface area contributed by atoms with Crippen LogP contribution >= 0.6 is 23.2 Å². The van der Waals surface area contributed by atoms with Gasteiger partial charge in [0.25, 0.3) is 5.91 Å². The first-order valence-corrected chi connectivity index (χ1v) is 9.54. The van der Waals surface area contributed by atoms with Gasteiger partial charge in [0.15, 0.2) is 0 Å². The van der Waals surface area contributed by atoms with Crippen LogP contribution in [-0.4, -0.2) is 10.9 Å². The van der Waals surface area contributed by atoms with Crippen molar-refractivity contribution in [2.75, 3.05) is 5.32 Å². The largest absolute Gasteiger partial charge is 0.322 e. The van der Waals surface area contributed by atoms with E-state index in [1.165, 1.54) is 5.39 Å². The lowest BCUT2D eigenvalue weighted by Gasteiger charge is -2.09. The summed E-state index contributed by atoms with van der Waals surface area (Å²) in [6, 6.07) is 22.8. The van der Waals surface area contributed by atoms with Crippen LogP contribution in [0.4, 0.5) is 5.69 Å². The lowest BCUT2D eigenvalue weighted by Crippen LogP contribution is -2.11. The molecule has 0 atom stereocenters. The smallest absolute Gasteiger partial charge is 0.255 e. The normalized spacial score (nSPS) is 10.8. The van der Waals surface area contributed by atoms with Gasteiger partial charge in [-0.15, -0.1) is 0 Å². The fourth-order valence-electron chi connectivity index (χ4n) is 3.06. The second-order valence-corrected chi connectivity index (χ2v) is 7.25. The maximum Gasteiger partial charge on any atom is 0.255 e. The van der Waals surface area contributed by atoms with Crippen LogP contribution in [0, 0.1) is 0 Å². The maximum absolute atomic E-state index is 12.4. The minimum atomic E-state index is -0.234. The lowest BCUT2D eigenvalue weighted by atomic mass is 10.0. The Morgan fingerprint density at radius 3 is 2.46 bits per heavy atom. The molecule has 4 aromatic rings. The topological polar surface area (TPSA) is 42.0 Å². The fourth-order valence-corrected chi connectivity index (χ4v) is 3.36. The van der Waals surface area contributed by atoms with Gasteiger partial charge in [-0.05, 0) is 47.3 Å². The third-order valence-corrected chi connectivity index (χ3v) is 5.26. The predicted octanol–water partition coefficient (Wildman–Crippen LogP) is 6.38. The molecule has 138 valence electrons. The number of hydrogen-bond acceptors (Lipinski definition) is 2. The molecule has 0 aliphatic carbocycles. The predicted molar refractivity (Wildman–Crippen MR) is 115 cm³/mol. The Labute approximate surface area is 172 Å². The first-order valence-electron chi connectivity index (χ1n) is 8.78. The number of rotatable bonds is 4. The second kappa shape index (κ2) is 8.01. The Morgan fingerprint density at radius 2 is 1.68 bits per heavy atom. The number of benzene rings is 3. The van der Waals surface area contributed by atoms with Crippen LogP contribution in [0.1, 0.15) is 21.6 Å². The zero-order valence-corrected chi connectivity index (χ0v) is 16.3. The van der Waals surface area contributed by atoms with Crippen LogP contribution in [0.2, 0.25) is 10.0 Å². The first kappa shape index (κ1) is 18.5. The number of nitrogens with one attached hydrogen (secondary N) is 1. The van der Waals surface area contributed by atoms with Crippen molar-refractivity contribution < 1.29 is 4.79 Å². The molecule has 1 aromatic heterocycles. The van der Waals surface area contributed by atoms with Gasteiger partial charge in [0.05, 0.1) is 15.7 Å². The van der Waals surface area contributed by atoms with Crippen LogP contribution in [0.3, 0.4) is 0 Å². The van der Waals surface area contributed by atoms with Crippen molar-refractivity contribution in [1.29, 1.82) is 0 Å².